The van der Waals surface area contributed by atoms with Gasteiger partial charge in [0.05, 0.1) is 23.9 Å². The molecule has 5 aromatic rings. The number of pyridine rings is 2. The van der Waals surface area contributed by atoms with E-state index in [-0.39, 0.29) is 18.4 Å². The van der Waals surface area contributed by atoms with Gasteiger partial charge in [0.15, 0.2) is 0 Å². The second-order valence-electron chi connectivity index (χ2n) is 10.1. The third-order valence-electron chi connectivity index (χ3n) is 6.77. The maximum Gasteiger partial charge on any atom is 0.496 e. The number of aliphatic hydroxyl groups is 1. The van der Waals surface area contributed by atoms with Crippen LogP contribution in [0.2, 0.25) is 0 Å². The first-order chi connectivity index (χ1) is 20.4. The molecule has 42 heavy (non-hydrogen) atoms. The molecule has 1 aromatic carbocycles. The van der Waals surface area contributed by atoms with Crippen molar-refractivity contribution in [2.75, 3.05) is 23.8 Å². The molecule has 0 saturated heterocycles. The average Bonchev–Trinajstić information content (AvgIpc) is 3.60. The Kier molecular flexibility index (Phi) is 7.61. The van der Waals surface area contributed by atoms with Crippen LogP contribution in [0.5, 0.6) is 0 Å². The van der Waals surface area contributed by atoms with Crippen LogP contribution in [0.1, 0.15) is 38.1 Å². The lowest BCUT2D eigenvalue weighted by atomic mass is 9.80. The van der Waals surface area contributed by atoms with E-state index in [2.05, 4.69) is 30.7 Å². The maximum atomic E-state index is 10.2. The summed E-state index contributed by atoms with van der Waals surface area (Å²) in [4.78, 5) is 22.7. The van der Waals surface area contributed by atoms with Crippen LogP contribution in [0.15, 0.2) is 77.7 Å². The summed E-state index contributed by atoms with van der Waals surface area (Å²) in [5.74, 6) is 1.80. The molecule has 1 aliphatic rings. The molecule has 0 fully saturated rings. The molecule has 1 atom stereocenters. The van der Waals surface area contributed by atoms with Crippen molar-refractivity contribution >= 4 is 30.2 Å². The lowest BCUT2D eigenvalue weighted by Crippen LogP contribution is -2.32. The average molecular weight is 564 g/mol. The van der Waals surface area contributed by atoms with Gasteiger partial charge in [-0.15, -0.1) is 0 Å². The van der Waals surface area contributed by atoms with Crippen molar-refractivity contribution in [3.05, 3.63) is 84.4 Å². The first-order valence-corrected chi connectivity index (χ1v) is 13.6. The molecular weight excluding hydrogens is 535 g/mol. The molecule has 13 heteroatoms. The number of nitrogens with one attached hydrogen (secondary N) is 2. The lowest BCUT2D eigenvalue weighted by Gasteiger charge is -2.20. The summed E-state index contributed by atoms with van der Waals surface area (Å²) >= 11 is 0. The molecule has 12 nitrogen and oxygen atoms in total. The normalized spacial score (nSPS) is 14.4. The zero-order valence-corrected chi connectivity index (χ0v) is 23.4. The second-order valence-corrected chi connectivity index (χ2v) is 10.1. The Hall–Kier alpha value is -4.72. The van der Waals surface area contributed by atoms with Gasteiger partial charge in [0.2, 0.25) is 11.8 Å². The largest absolute Gasteiger partial charge is 0.496 e. The molecule has 4 aromatic heterocycles. The van der Waals surface area contributed by atoms with Gasteiger partial charge >= 0.3 is 7.12 Å². The van der Waals surface area contributed by atoms with Gasteiger partial charge in [0.25, 0.3) is 5.89 Å². The molecule has 0 saturated carbocycles. The number of aromatic nitrogens is 6. The quantitative estimate of drug-likeness (QED) is 0.211. The molecule has 0 aliphatic carbocycles. The maximum absolute atomic E-state index is 10.2. The number of anilines is 3. The molecule has 1 aliphatic heterocycles. The van der Waals surface area contributed by atoms with Crippen molar-refractivity contribution in [3.8, 4) is 22.8 Å². The minimum absolute atomic E-state index is 0.177. The number of rotatable bonds is 10. The van der Waals surface area contributed by atoms with Crippen LogP contribution in [0, 0.1) is 0 Å². The van der Waals surface area contributed by atoms with E-state index in [9.17, 15) is 5.11 Å². The van der Waals surface area contributed by atoms with Crippen molar-refractivity contribution in [2.45, 2.75) is 32.4 Å². The summed E-state index contributed by atoms with van der Waals surface area (Å²) in [6.45, 7) is 6.19. The monoisotopic (exact) mass is 564 g/mol. The number of hydrogen-bond donors (Lipinski definition) is 3. The van der Waals surface area contributed by atoms with Gasteiger partial charge in [0.1, 0.15) is 17.2 Å². The van der Waals surface area contributed by atoms with Gasteiger partial charge in [-0.25, -0.2) is 9.97 Å². The van der Waals surface area contributed by atoms with E-state index >= 15 is 0 Å². The first-order valence-electron chi connectivity index (χ1n) is 13.6. The molecule has 0 radical (unpaired) electrons. The van der Waals surface area contributed by atoms with Gasteiger partial charge in [-0.2, -0.15) is 9.97 Å². The molecule has 0 spiro atoms. The number of aliphatic hydroxyl groups excluding tert-OH is 1. The highest BCUT2D eigenvalue weighted by Crippen LogP contribution is 2.32. The van der Waals surface area contributed by atoms with Gasteiger partial charge < -0.3 is 29.6 Å². The highest BCUT2D eigenvalue weighted by molar-refractivity contribution is 6.63. The summed E-state index contributed by atoms with van der Waals surface area (Å²) < 4.78 is 17.4. The predicted octanol–water partition coefficient (Wildman–Crippen LogP) is 3.87. The summed E-state index contributed by atoms with van der Waals surface area (Å²) in [6.07, 6.45) is 4.91. The van der Waals surface area contributed by atoms with Crippen LogP contribution in [-0.4, -0.2) is 55.5 Å². The van der Waals surface area contributed by atoms with Crippen molar-refractivity contribution in [1.29, 1.82) is 0 Å². The Morgan fingerprint density at radius 3 is 2.64 bits per heavy atom. The van der Waals surface area contributed by atoms with Crippen LogP contribution in [0.25, 0.3) is 22.8 Å². The fourth-order valence-electron chi connectivity index (χ4n) is 4.73. The lowest BCUT2D eigenvalue weighted by molar-refractivity contribution is 0.0834. The number of fused-ring (bicyclic) bond motifs is 1. The number of benzene rings is 1. The second kappa shape index (κ2) is 11.6. The molecule has 212 valence electrons. The van der Waals surface area contributed by atoms with E-state index < -0.39 is 18.8 Å². The number of nitrogens with zero attached hydrogens (tertiary/aromatic N) is 6. The highest BCUT2D eigenvalue weighted by Gasteiger charge is 2.44. The Bertz CT molecular complexity index is 1670. The van der Waals surface area contributed by atoms with Crippen LogP contribution in [0.3, 0.4) is 0 Å². The van der Waals surface area contributed by atoms with Crippen LogP contribution in [-0.2, 0) is 14.9 Å². The minimum atomic E-state index is -0.627. The molecule has 5 heterocycles. The summed E-state index contributed by atoms with van der Waals surface area (Å²) in [5, 5.41) is 20.9. The van der Waals surface area contributed by atoms with E-state index in [0.717, 1.165) is 16.7 Å². The van der Waals surface area contributed by atoms with Crippen molar-refractivity contribution in [3.63, 3.8) is 0 Å². The van der Waals surface area contributed by atoms with Gasteiger partial charge in [-0.05, 0) is 44.5 Å². The zero-order chi connectivity index (χ0) is 29.1. The Labute approximate surface area is 242 Å². The summed E-state index contributed by atoms with van der Waals surface area (Å²) in [5.41, 5.74) is 3.10. The molecule has 3 N–H and O–H groups in total. The molecule has 0 bridgehead atoms. The van der Waals surface area contributed by atoms with Crippen LogP contribution >= 0.6 is 0 Å². The highest BCUT2D eigenvalue weighted by atomic mass is 16.6. The molecule has 6 rings (SSSR count). The van der Waals surface area contributed by atoms with Gasteiger partial charge in [-0.3, -0.25) is 4.98 Å². The fraction of sp³-hybridized carbons (Fsp3) is 0.241. The third kappa shape index (κ3) is 5.57. The van der Waals surface area contributed by atoms with E-state index in [0.29, 0.717) is 35.2 Å². The summed E-state index contributed by atoms with van der Waals surface area (Å²) in [6, 6.07) is 16.5. The van der Waals surface area contributed by atoms with Gasteiger partial charge in [0, 0.05) is 36.2 Å². The molecular formula is C29H29BN8O4. The van der Waals surface area contributed by atoms with Crippen LogP contribution < -0.4 is 16.1 Å². The van der Waals surface area contributed by atoms with Gasteiger partial charge in [-0.1, -0.05) is 41.6 Å². The molecule has 0 amide bonds. The Balaban J connectivity index is 1.34. The predicted molar refractivity (Wildman–Crippen MR) is 157 cm³/mol. The van der Waals surface area contributed by atoms with Crippen molar-refractivity contribution in [1.82, 2.24) is 30.1 Å². The summed E-state index contributed by atoms with van der Waals surface area (Å²) in [7, 11) is -0.466. The van der Waals surface area contributed by atoms with E-state index in [4.69, 9.17) is 23.8 Å². The van der Waals surface area contributed by atoms with Crippen molar-refractivity contribution < 1.29 is 18.9 Å². The fourth-order valence-corrected chi connectivity index (χ4v) is 4.73. The van der Waals surface area contributed by atoms with E-state index in [1.165, 1.54) is 0 Å². The van der Waals surface area contributed by atoms with Crippen molar-refractivity contribution in [2.24, 2.45) is 0 Å². The minimum Gasteiger partial charge on any atom is -0.408 e. The SMILES string of the molecule is CCOB1OC(C)(C)c2nc(Nc3ncc(-c4nc(-c5cccnc5)no4)c(N[C@H](CO)c4ccccc4)n3)ccc21. The van der Waals surface area contributed by atoms with Crippen LogP contribution in [0.4, 0.5) is 17.6 Å². The topological polar surface area (TPSA) is 153 Å². The zero-order valence-electron chi connectivity index (χ0n) is 23.4. The third-order valence-corrected chi connectivity index (χ3v) is 6.77. The number of hydrogen-bond acceptors (Lipinski definition) is 12. The van der Waals surface area contributed by atoms with E-state index in [1.54, 1.807) is 24.7 Å². The Morgan fingerprint density at radius 1 is 1.02 bits per heavy atom. The smallest absolute Gasteiger partial charge is 0.408 e. The standard InChI is InChI=1S/C29H29BN8O4/c1-4-40-30-21-12-13-23(34-24(21)29(2,3)42-30)35-28-32-16-20(27-36-25(38-41-27)19-11-8-14-31-15-19)26(37-28)33-22(17-39)18-9-6-5-7-10-18/h5-16,22,39H,4,17H2,1-3H3,(H2,32,33,34,35,37)/t22-/m1/s1. The first kappa shape index (κ1) is 27.5. The molecule has 0 unspecified atom stereocenters. The van der Waals surface area contributed by atoms with E-state index in [1.807, 2.05) is 69.3 Å². The Morgan fingerprint density at radius 2 is 1.88 bits per heavy atom.